The molecule has 1 amide bonds. The van der Waals surface area contributed by atoms with E-state index in [-0.39, 0.29) is 23.0 Å². The van der Waals surface area contributed by atoms with Crippen molar-refractivity contribution in [3.63, 3.8) is 0 Å². The predicted molar refractivity (Wildman–Crippen MR) is 141 cm³/mol. The normalized spacial score (nSPS) is 14.9. The monoisotopic (exact) mass is 536 g/mol. The molecule has 35 heavy (non-hydrogen) atoms. The second kappa shape index (κ2) is 11.1. The second-order valence-electron chi connectivity index (χ2n) is 8.48. The smallest absolute Gasteiger partial charge is 0.221 e. The van der Waals surface area contributed by atoms with E-state index in [0.717, 1.165) is 47.1 Å². The van der Waals surface area contributed by atoms with Crippen LogP contribution >= 0.6 is 22.9 Å². The number of hydrogen-bond acceptors (Lipinski definition) is 8. The summed E-state index contributed by atoms with van der Waals surface area (Å²) in [7, 11) is -1.87. The molecule has 11 heteroatoms. The van der Waals surface area contributed by atoms with Crippen molar-refractivity contribution in [2.75, 3.05) is 57.0 Å². The standard InChI is InChI=1S/C24H29ClN4O4S2/c1-17-3-5-18(6-4-17)35(31,32)16-9-21(30)26-10-11-28-12-14-29(15-13-28)24-27-22-20(34-24)8-7-19(25)23(22)33-2/h3-8H,9-16H2,1-2H3,(H,26,30). The summed E-state index contributed by atoms with van der Waals surface area (Å²) < 4.78 is 31.3. The first-order valence-electron chi connectivity index (χ1n) is 11.4. The maximum absolute atomic E-state index is 12.4. The molecule has 1 fully saturated rings. The van der Waals surface area contributed by atoms with Crippen LogP contribution < -0.4 is 15.0 Å². The molecule has 3 aromatic rings. The van der Waals surface area contributed by atoms with Gasteiger partial charge in [-0.2, -0.15) is 0 Å². The van der Waals surface area contributed by atoms with Gasteiger partial charge in [-0.25, -0.2) is 13.4 Å². The average Bonchev–Trinajstić information content (AvgIpc) is 3.28. The Morgan fingerprint density at radius 3 is 2.54 bits per heavy atom. The van der Waals surface area contributed by atoms with Crippen molar-refractivity contribution < 1.29 is 17.9 Å². The third-order valence-corrected chi connectivity index (χ3v) is 9.14. The molecule has 2 aromatic carbocycles. The average molecular weight is 537 g/mol. The van der Waals surface area contributed by atoms with Crippen molar-refractivity contribution in [2.24, 2.45) is 0 Å². The quantitative estimate of drug-likeness (QED) is 0.448. The molecule has 1 aromatic heterocycles. The van der Waals surface area contributed by atoms with E-state index in [1.807, 2.05) is 19.1 Å². The summed E-state index contributed by atoms with van der Waals surface area (Å²) in [5.74, 6) is 0.160. The van der Waals surface area contributed by atoms with E-state index < -0.39 is 9.84 Å². The lowest BCUT2D eigenvalue weighted by molar-refractivity contribution is -0.120. The first-order chi connectivity index (χ1) is 16.8. The second-order valence-corrected chi connectivity index (χ2v) is 12.0. The van der Waals surface area contributed by atoms with Gasteiger partial charge in [0.05, 0.1) is 27.5 Å². The van der Waals surface area contributed by atoms with Gasteiger partial charge in [-0.15, -0.1) is 0 Å². The van der Waals surface area contributed by atoms with E-state index in [4.69, 9.17) is 21.3 Å². The number of nitrogens with zero attached hydrogens (tertiary/aromatic N) is 3. The van der Waals surface area contributed by atoms with Gasteiger partial charge < -0.3 is 15.0 Å². The Hall–Kier alpha value is -2.40. The van der Waals surface area contributed by atoms with Crippen molar-refractivity contribution in [2.45, 2.75) is 18.2 Å². The SMILES string of the molecule is COc1c(Cl)ccc2sc(N3CCN(CCNC(=O)CCS(=O)(=O)c4ccc(C)cc4)CC3)nc12. The molecule has 0 spiro atoms. The fourth-order valence-electron chi connectivity index (χ4n) is 3.96. The Labute approximate surface area is 214 Å². The summed E-state index contributed by atoms with van der Waals surface area (Å²) in [6.07, 6.45) is -0.0466. The van der Waals surface area contributed by atoms with Gasteiger partial charge in [0, 0.05) is 45.7 Å². The summed E-state index contributed by atoms with van der Waals surface area (Å²) in [5.41, 5.74) is 1.78. The van der Waals surface area contributed by atoms with E-state index in [1.165, 1.54) is 0 Å². The molecule has 0 saturated carbocycles. The van der Waals surface area contributed by atoms with Crippen molar-refractivity contribution >= 4 is 54.0 Å². The number of carbonyl (C=O) groups is 1. The number of piperazine rings is 1. The number of benzene rings is 2. The lowest BCUT2D eigenvalue weighted by Crippen LogP contribution is -2.48. The lowest BCUT2D eigenvalue weighted by atomic mass is 10.2. The number of nitrogens with one attached hydrogen (secondary N) is 1. The van der Waals surface area contributed by atoms with Crippen LogP contribution in [0.1, 0.15) is 12.0 Å². The van der Waals surface area contributed by atoms with Crippen molar-refractivity contribution in [3.05, 3.63) is 47.0 Å². The minimum Gasteiger partial charge on any atom is -0.493 e. The number of ether oxygens (including phenoxy) is 1. The molecule has 0 aliphatic carbocycles. The summed E-state index contributed by atoms with van der Waals surface area (Å²) in [4.78, 5) is 21.7. The third-order valence-electron chi connectivity index (χ3n) is 6.03. The zero-order valence-electron chi connectivity index (χ0n) is 19.8. The van der Waals surface area contributed by atoms with Crippen LogP contribution in [0.4, 0.5) is 5.13 Å². The molecule has 1 saturated heterocycles. The van der Waals surface area contributed by atoms with Gasteiger partial charge in [-0.05, 0) is 31.2 Å². The minimum atomic E-state index is -3.46. The van der Waals surface area contributed by atoms with Crippen LogP contribution in [-0.4, -0.2) is 76.3 Å². The zero-order chi connectivity index (χ0) is 25.0. The van der Waals surface area contributed by atoms with E-state index in [0.29, 0.717) is 23.9 Å². The number of anilines is 1. The Balaban J connectivity index is 1.20. The molecule has 1 aliphatic rings. The van der Waals surface area contributed by atoms with Crippen molar-refractivity contribution in [3.8, 4) is 5.75 Å². The summed E-state index contributed by atoms with van der Waals surface area (Å²) in [6, 6.07) is 10.5. The van der Waals surface area contributed by atoms with Crippen molar-refractivity contribution in [1.29, 1.82) is 0 Å². The number of methoxy groups -OCH3 is 1. The van der Waals surface area contributed by atoms with Crippen LogP contribution in [0.25, 0.3) is 10.2 Å². The van der Waals surface area contributed by atoms with Gasteiger partial charge in [0.25, 0.3) is 0 Å². The molecule has 0 bridgehead atoms. The number of carbonyl (C=O) groups excluding carboxylic acids is 1. The van der Waals surface area contributed by atoms with Crippen LogP contribution in [-0.2, 0) is 14.6 Å². The Kier molecular flexibility index (Phi) is 8.16. The number of rotatable bonds is 9. The molecule has 4 rings (SSSR count). The number of halogens is 1. The number of aromatic nitrogens is 1. The van der Waals surface area contributed by atoms with E-state index >= 15 is 0 Å². The molecule has 2 heterocycles. The van der Waals surface area contributed by atoms with E-state index in [1.54, 1.807) is 42.7 Å². The molecule has 1 N–H and O–H groups in total. The highest BCUT2D eigenvalue weighted by atomic mass is 35.5. The Morgan fingerprint density at radius 1 is 1.14 bits per heavy atom. The van der Waals surface area contributed by atoms with Gasteiger partial charge in [-0.1, -0.05) is 40.6 Å². The molecule has 1 aliphatic heterocycles. The minimum absolute atomic E-state index is 0.0466. The highest BCUT2D eigenvalue weighted by molar-refractivity contribution is 7.91. The van der Waals surface area contributed by atoms with Gasteiger partial charge in [0.15, 0.2) is 20.7 Å². The molecule has 0 atom stereocenters. The van der Waals surface area contributed by atoms with Gasteiger partial charge in [0.2, 0.25) is 5.91 Å². The zero-order valence-corrected chi connectivity index (χ0v) is 22.2. The number of aryl methyl sites for hydroxylation is 1. The topological polar surface area (TPSA) is 91.8 Å². The fourth-order valence-corrected chi connectivity index (χ4v) is 6.44. The van der Waals surface area contributed by atoms with Crippen LogP contribution in [0, 0.1) is 6.92 Å². The largest absolute Gasteiger partial charge is 0.493 e. The van der Waals surface area contributed by atoms with Crippen LogP contribution in [0.2, 0.25) is 5.02 Å². The molecule has 8 nitrogen and oxygen atoms in total. The maximum atomic E-state index is 12.4. The van der Waals surface area contributed by atoms with Crippen LogP contribution in [0.5, 0.6) is 5.75 Å². The summed E-state index contributed by atoms with van der Waals surface area (Å²) >= 11 is 7.85. The third kappa shape index (κ3) is 6.24. The van der Waals surface area contributed by atoms with Crippen LogP contribution in [0.15, 0.2) is 41.3 Å². The number of sulfone groups is 1. The predicted octanol–water partition coefficient (Wildman–Crippen LogP) is 3.37. The number of amides is 1. The van der Waals surface area contributed by atoms with Gasteiger partial charge in [0.1, 0.15) is 5.52 Å². The number of thiazole rings is 1. The first-order valence-corrected chi connectivity index (χ1v) is 14.3. The number of hydrogen-bond donors (Lipinski definition) is 1. The maximum Gasteiger partial charge on any atom is 0.221 e. The van der Waals surface area contributed by atoms with Crippen LogP contribution in [0.3, 0.4) is 0 Å². The van der Waals surface area contributed by atoms with Gasteiger partial charge >= 0.3 is 0 Å². The highest BCUT2D eigenvalue weighted by Gasteiger charge is 2.22. The molecular formula is C24H29ClN4O4S2. The summed E-state index contributed by atoms with van der Waals surface area (Å²) in [5, 5.41) is 4.35. The molecule has 188 valence electrons. The van der Waals surface area contributed by atoms with Gasteiger partial charge in [-0.3, -0.25) is 9.69 Å². The van der Waals surface area contributed by atoms with E-state index in [2.05, 4.69) is 15.1 Å². The summed E-state index contributed by atoms with van der Waals surface area (Å²) in [6.45, 7) is 6.47. The Bertz CT molecular complexity index is 1290. The number of fused-ring (bicyclic) bond motifs is 1. The molecular weight excluding hydrogens is 508 g/mol. The molecule has 0 radical (unpaired) electrons. The first kappa shape index (κ1) is 25.7. The highest BCUT2D eigenvalue weighted by Crippen LogP contribution is 2.38. The molecule has 0 unspecified atom stereocenters. The Morgan fingerprint density at radius 2 is 1.86 bits per heavy atom. The van der Waals surface area contributed by atoms with Crippen molar-refractivity contribution in [1.82, 2.24) is 15.2 Å². The van der Waals surface area contributed by atoms with E-state index in [9.17, 15) is 13.2 Å². The lowest BCUT2D eigenvalue weighted by Gasteiger charge is -2.34. The fraction of sp³-hybridized carbons (Fsp3) is 0.417.